The monoisotopic (exact) mass is 284 g/mol. The molecule has 4 rings (SSSR count). The number of H-pyrrole nitrogens is 1. The van der Waals surface area contributed by atoms with Crippen molar-refractivity contribution in [2.24, 2.45) is 5.92 Å². The number of aromatic amines is 1. The lowest BCUT2D eigenvalue weighted by atomic mass is 9.82. The van der Waals surface area contributed by atoms with E-state index in [1.54, 1.807) is 10.8 Å². The SMILES string of the molecule is Cc1ccc2c(ncc3[nH]c(=O)n(CC4CC(O)C4)c32)n1. The van der Waals surface area contributed by atoms with Crippen LogP contribution in [0.25, 0.3) is 22.1 Å². The zero-order valence-corrected chi connectivity index (χ0v) is 11.7. The van der Waals surface area contributed by atoms with Crippen LogP contribution < -0.4 is 5.69 Å². The smallest absolute Gasteiger partial charge is 0.326 e. The van der Waals surface area contributed by atoms with Crippen LogP contribution in [0.2, 0.25) is 0 Å². The first kappa shape index (κ1) is 12.5. The molecule has 0 amide bonds. The molecule has 3 aromatic rings. The molecule has 0 bridgehead atoms. The van der Waals surface area contributed by atoms with Crippen molar-refractivity contribution in [2.75, 3.05) is 0 Å². The van der Waals surface area contributed by atoms with Crippen LogP contribution in [-0.4, -0.2) is 30.7 Å². The van der Waals surface area contributed by atoms with E-state index < -0.39 is 0 Å². The van der Waals surface area contributed by atoms with Crippen LogP contribution in [0.5, 0.6) is 0 Å². The molecular weight excluding hydrogens is 268 g/mol. The molecule has 0 unspecified atom stereocenters. The molecule has 1 saturated carbocycles. The van der Waals surface area contributed by atoms with E-state index in [0.717, 1.165) is 35.0 Å². The number of rotatable bonds is 2. The molecule has 0 radical (unpaired) electrons. The molecule has 0 saturated heterocycles. The van der Waals surface area contributed by atoms with Crippen LogP contribution in [-0.2, 0) is 6.54 Å². The highest BCUT2D eigenvalue weighted by Gasteiger charge is 2.28. The van der Waals surface area contributed by atoms with Gasteiger partial charge in [-0.05, 0) is 37.8 Å². The third-order valence-corrected chi connectivity index (χ3v) is 4.25. The summed E-state index contributed by atoms with van der Waals surface area (Å²) < 4.78 is 1.76. The zero-order valence-electron chi connectivity index (χ0n) is 11.7. The molecule has 1 aliphatic carbocycles. The molecule has 2 N–H and O–H groups in total. The summed E-state index contributed by atoms with van der Waals surface area (Å²) >= 11 is 0. The Morgan fingerprint density at radius 2 is 2.24 bits per heavy atom. The van der Waals surface area contributed by atoms with Gasteiger partial charge in [0.05, 0.1) is 23.3 Å². The van der Waals surface area contributed by atoms with Gasteiger partial charge in [-0.3, -0.25) is 4.57 Å². The van der Waals surface area contributed by atoms with Gasteiger partial charge in [-0.25, -0.2) is 14.8 Å². The fraction of sp³-hybridized carbons (Fsp3) is 0.400. The Morgan fingerprint density at radius 3 is 3.00 bits per heavy atom. The summed E-state index contributed by atoms with van der Waals surface area (Å²) in [5.74, 6) is 0.360. The lowest BCUT2D eigenvalue weighted by molar-refractivity contribution is 0.0353. The largest absolute Gasteiger partial charge is 0.393 e. The van der Waals surface area contributed by atoms with E-state index in [0.29, 0.717) is 18.1 Å². The summed E-state index contributed by atoms with van der Waals surface area (Å²) in [5, 5.41) is 10.3. The summed E-state index contributed by atoms with van der Waals surface area (Å²) in [6, 6.07) is 3.89. The highest BCUT2D eigenvalue weighted by Crippen LogP contribution is 2.30. The van der Waals surface area contributed by atoms with Gasteiger partial charge >= 0.3 is 5.69 Å². The van der Waals surface area contributed by atoms with Crippen LogP contribution in [0.3, 0.4) is 0 Å². The lowest BCUT2D eigenvalue weighted by Gasteiger charge is -2.31. The number of hydrogen-bond acceptors (Lipinski definition) is 4. The number of aliphatic hydroxyl groups excluding tert-OH is 1. The van der Waals surface area contributed by atoms with E-state index in [4.69, 9.17) is 0 Å². The molecule has 1 fully saturated rings. The van der Waals surface area contributed by atoms with E-state index >= 15 is 0 Å². The minimum atomic E-state index is -0.210. The average Bonchev–Trinajstić information content (AvgIpc) is 2.73. The molecule has 0 aromatic carbocycles. The molecule has 3 aromatic heterocycles. The number of aryl methyl sites for hydroxylation is 1. The van der Waals surface area contributed by atoms with Gasteiger partial charge in [0, 0.05) is 17.6 Å². The topological polar surface area (TPSA) is 83.8 Å². The molecule has 6 nitrogen and oxygen atoms in total. The third kappa shape index (κ3) is 1.94. The van der Waals surface area contributed by atoms with E-state index in [1.165, 1.54) is 0 Å². The summed E-state index contributed by atoms with van der Waals surface area (Å²) in [5.41, 5.74) is 3.03. The molecule has 1 aliphatic rings. The zero-order chi connectivity index (χ0) is 14.6. The van der Waals surface area contributed by atoms with E-state index in [2.05, 4.69) is 15.0 Å². The van der Waals surface area contributed by atoms with Crippen molar-refractivity contribution in [1.29, 1.82) is 0 Å². The fourth-order valence-electron chi connectivity index (χ4n) is 3.11. The van der Waals surface area contributed by atoms with Crippen LogP contribution in [0, 0.1) is 12.8 Å². The van der Waals surface area contributed by atoms with Gasteiger partial charge in [-0.1, -0.05) is 0 Å². The number of pyridine rings is 2. The van der Waals surface area contributed by atoms with E-state index in [9.17, 15) is 9.90 Å². The molecule has 0 aliphatic heterocycles. The van der Waals surface area contributed by atoms with Gasteiger partial charge < -0.3 is 10.1 Å². The third-order valence-electron chi connectivity index (χ3n) is 4.25. The molecule has 108 valence electrons. The molecule has 0 atom stereocenters. The highest BCUT2D eigenvalue weighted by molar-refractivity contribution is 6.00. The molecule has 6 heteroatoms. The molecule has 3 heterocycles. The molecular formula is C15H16N4O2. The van der Waals surface area contributed by atoms with Crippen molar-refractivity contribution in [2.45, 2.75) is 32.4 Å². The number of nitrogens with zero attached hydrogens (tertiary/aromatic N) is 3. The quantitative estimate of drug-likeness (QED) is 0.744. The van der Waals surface area contributed by atoms with Gasteiger partial charge in [0.1, 0.15) is 0 Å². The Hall–Kier alpha value is -2.21. The summed E-state index contributed by atoms with van der Waals surface area (Å²) in [4.78, 5) is 23.8. The second-order valence-corrected chi connectivity index (χ2v) is 5.88. The highest BCUT2D eigenvalue weighted by atomic mass is 16.3. The normalized spacial score (nSPS) is 21.8. The Labute approximate surface area is 120 Å². The number of nitrogens with one attached hydrogen (secondary N) is 1. The Kier molecular flexibility index (Phi) is 2.62. The number of aromatic nitrogens is 4. The maximum absolute atomic E-state index is 12.2. The second kappa shape index (κ2) is 4.39. The first-order valence-electron chi connectivity index (χ1n) is 7.15. The number of imidazole rings is 1. The maximum atomic E-state index is 12.2. The second-order valence-electron chi connectivity index (χ2n) is 5.88. The minimum absolute atomic E-state index is 0.124. The summed E-state index contributed by atoms with van der Waals surface area (Å²) in [6.07, 6.45) is 2.98. The lowest BCUT2D eigenvalue weighted by Crippen LogP contribution is -2.33. The number of fused-ring (bicyclic) bond motifs is 3. The number of hydrogen-bond donors (Lipinski definition) is 2. The van der Waals surface area contributed by atoms with Gasteiger partial charge in [0.15, 0.2) is 5.65 Å². The van der Waals surface area contributed by atoms with Crippen LogP contribution in [0.1, 0.15) is 18.5 Å². The van der Waals surface area contributed by atoms with Crippen LogP contribution in [0.4, 0.5) is 0 Å². The summed E-state index contributed by atoms with van der Waals surface area (Å²) in [7, 11) is 0. The first-order valence-corrected chi connectivity index (χ1v) is 7.15. The van der Waals surface area contributed by atoms with Gasteiger partial charge in [-0.15, -0.1) is 0 Å². The molecule has 0 spiro atoms. The van der Waals surface area contributed by atoms with Crippen molar-refractivity contribution < 1.29 is 5.11 Å². The van der Waals surface area contributed by atoms with Crippen molar-refractivity contribution in [3.63, 3.8) is 0 Å². The Morgan fingerprint density at radius 1 is 1.43 bits per heavy atom. The van der Waals surface area contributed by atoms with Crippen LogP contribution in [0.15, 0.2) is 23.1 Å². The maximum Gasteiger partial charge on any atom is 0.326 e. The van der Waals surface area contributed by atoms with Crippen molar-refractivity contribution in [3.8, 4) is 0 Å². The van der Waals surface area contributed by atoms with Gasteiger partial charge in [0.2, 0.25) is 0 Å². The van der Waals surface area contributed by atoms with Gasteiger partial charge in [-0.2, -0.15) is 0 Å². The average molecular weight is 284 g/mol. The predicted molar refractivity (Wildman–Crippen MR) is 79.1 cm³/mol. The minimum Gasteiger partial charge on any atom is -0.393 e. The van der Waals surface area contributed by atoms with Crippen molar-refractivity contribution in [1.82, 2.24) is 19.5 Å². The van der Waals surface area contributed by atoms with Crippen molar-refractivity contribution >= 4 is 22.1 Å². The fourth-order valence-corrected chi connectivity index (χ4v) is 3.11. The molecule has 21 heavy (non-hydrogen) atoms. The van der Waals surface area contributed by atoms with Gasteiger partial charge in [0.25, 0.3) is 0 Å². The standard InChI is InChI=1S/C15H16N4O2/c1-8-2-3-11-13-12(6-16-14(11)17-8)18-15(21)19(13)7-9-4-10(20)5-9/h2-3,6,9-10,20H,4-5,7H2,1H3,(H,18,21). The predicted octanol–water partition coefficient (Wildman–Crippen LogP) is 1.35. The van der Waals surface area contributed by atoms with E-state index in [-0.39, 0.29) is 11.8 Å². The Balaban J connectivity index is 1.92. The first-order chi connectivity index (χ1) is 10.1. The summed E-state index contributed by atoms with van der Waals surface area (Å²) in [6.45, 7) is 2.55. The Bertz CT molecular complexity index is 890. The number of aliphatic hydroxyl groups is 1. The van der Waals surface area contributed by atoms with E-state index in [1.807, 2.05) is 19.1 Å². The van der Waals surface area contributed by atoms with Crippen molar-refractivity contribution in [3.05, 3.63) is 34.5 Å². The van der Waals surface area contributed by atoms with Crippen LogP contribution >= 0.6 is 0 Å².